The van der Waals surface area contributed by atoms with Gasteiger partial charge in [0.05, 0.1) is 6.54 Å². The molecule has 0 saturated heterocycles. The van der Waals surface area contributed by atoms with Crippen LogP contribution >= 0.6 is 0 Å². The van der Waals surface area contributed by atoms with Crippen molar-refractivity contribution >= 4 is 5.69 Å². The molecule has 5 heteroatoms. The minimum absolute atomic E-state index is 0.291. The summed E-state index contributed by atoms with van der Waals surface area (Å²) in [6, 6.07) is 8.91. The molecular formula is C16H22N4O. The highest BCUT2D eigenvalue weighted by atomic mass is 16.5. The van der Waals surface area contributed by atoms with E-state index in [4.69, 9.17) is 4.52 Å². The lowest BCUT2D eigenvalue weighted by Gasteiger charge is -2.24. The molecule has 112 valence electrons. The Hall–Kier alpha value is -1.88. The van der Waals surface area contributed by atoms with Crippen LogP contribution in [0, 0.1) is 0 Å². The summed E-state index contributed by atoms with van der Waals surface area (Å²) in [4.78, 5) is 6.81. The van der Waals surface area contributed by atoms with Gasteiger partial charge in [0.2, 0.25) is 5.89 Å². The molecule has 3 rings (SSSR count). The van der Waals surface area contributed by atoms with Crippen LogP contribution in [0.4, 0.5) is 5.69 Å². The highest BCUT2D eigenvalue weighted by molar-refractivity contribution is 5.54. The fourth-order valence-corrected chi connectivity index (χ4v) is 2.63. The zero-order chi connectivity index (χ0) is 14.8. The van der Waals surface area contributed by atoms with Crippen LogP contribution in [0.25, 0.3) is 0 Å². The predicted octanol–water partition coefficient (Wildman–Crippen LogP) is 2.69. The van der Waals surface area contributed by atoms with Crippen molar-refractivity contribution in [1.82, 2.24) is 15.5 Å². The third-order valence-electron chi connectivity index (χ3n) is 3.79. The molecule has 0 saturated carbocycles. The van der Waals surface area contributed by atoms with Gasteiger partial charge >= 0.3 is 0 Å². The van der Waals surface area contributed by atoms with Crippen LogP contribution in [0.15, 0.2) is 28.8 Å². The van der Waals surface area contributed by atoms with Crippen LogP contribution < -0.4 is 10.2 Å². The SMILES string of the molecule is CC1CN(Cc2nc(C(C)C)no2)c2ccccc2CN1. The van der Waals surface area contributed by atoms with Crippen LogP contribution in [0.1, 0.15) is 44.0 Å². The third-order valence-corrected chi connectivity index (χ3v) is 3.79. The lowest BCUT2D eigenvalue weighted by atomic mass is 10.1. The Morgan fingerprint density at radius 3 is 2.95 bits per heavy atom. The number of benzene rings is 1. The minimum Gasteiger partial charge on any atom is -0.360 e. The lowest BCUT2D eigenvalue weighted by molar-refractivity contribution is 0.368. The van der Waals surface area contributed by atoms with Gasteiger partial charge in [-0.15, -0.1) is 0 Å². The van der Waals surface area contributed by atoms with Gasteiger partial charge in [-0.05, 0) is 18.6 Å². The van der Waals surface area contributed by atoms with E-state index in [1.165, 1.54) is 11.3 Å². The van der Waals surface area contributed by atoms with Crippen molar-refractivity contribution in [3.8, 4) is 0 Å². The number of anilines is 1. The van der Waals surface area contributed by atoms with Crippen molar-refractivity contribution < 1.29 is 4.52 Å². The van der Waals surface area contributed by atoms with E-state index in [9.17, 15) is 0 Å². The smallest absolute Gasteiger partial charge is 0.246 e. The highest BCUT2D eigenvalue weighted by Gasteiger charge is 2.21. The normalized spacial score (nSPS) is 18.7. The van der Waals surface area contributed by atoms with E-state index in [1.807, 2.05) is 0 Å². The van der Waals surface area contributed by atoms with Crippen LogP contribution in [0.5, 0.6) is 0 Å². The van der Waals surface area contributed by atoms with Crippen molar-refractivity contribution in [2.45, 2.75) is 45.8 Å². The number of fused-ring (bicyclic) bond motifs is 1. The maximum Gasteiger partial charge on any atom is 0.246 e. The van der Waals surface area contributed by atoms with Gasteiger partial charge in [0, 0.05) is 30.7 Å². The van der Waals surface area contributed by atoms with E-state index in [0.29, 0.717) is 24.4 Å². The summed E-state index contributed by atoms with van der Waals surface area (Å²) in [5.74, 6) is 1.75. The van der Waals surface area contributed by atoms with Gasteiger partial charge in [-0.25, -0.2) is 0 Å². The van der Waals surface area contributed by atoms with E-state index >= 15 is 0 Å². The van der Waals surface area contributed by atoms with Gasteiger partial charge in [-0.2, -0.15) is 4.98 Å². The first-order valence-electron chi connectivity index (χ1n) is 7.52. The summed E-state index contributed by atoms with van der Waals surface area (Å²) in [5.41, 5.74) is 2.56. The average molecular weight is 286 g/mol. The molecule has 1 atom stereocenters. The molecule has 0 fully saturated rings. The molecule has 1 aromatic carbocycles. The predicted molar refractivity (Wildman–Crippen MR) is 82.2 cm³/mol. The zero-order valence-electron chi connectivity index (χ0n) is 12.8. The molecule has 0 bridgehead atoms. The van der Waals surface area contributed by atoms with Gasteiger partial charge in [0.1, 0.15) is 0 Å². The standard InChI is InChI=1S/C16H22N4O/c1-11(2)16-18-15(21-19-16)10-20-9-12(3)17-8-13-6-4-5-7-14(13)20/h4-7,11-12,17H,8-10H2,1-3H3. The largest absolute Gasteiger partial charge is 0.360 e. The molecule has 1 aliphatic rings. The molecule has 5 nitrogen and oxygen atoms in total. The zero-order valence-corrected chi connectivity index (χ0v) is 12.8. The number of para-hydroxylation sites is 1. The number of nitrogens with zero attached hydrogens (tertiary/aromatic N) is 3. The summed E-state index contributed by atoms with van der Waals surface area (Å²) < 4.78 is 5.40. The second-order valence-electron chi connectivity index (χ2n) is 5.99. The highest BCUT2D eigenvalue weighted by Crippen LogP contribution is 2.25. The van der Waals surface area contributed by atoms with Crippen LogP contribution in [-0.4, -0.2) is 22.7 Å². The molecule has 0 spiro atoms. The number of nitrogens with one attached hydrogen (secondary N) is 1. The van der Waals surface area contributed by atoms with Gasteiger partial charge < -0.3 is 14.7 Å². The molecule has 1 unspecified atom stereocenters. The lowest BCUT2D eigenvalue weighted by Crippen LogP contribution is -2.35. The van der Waals surface area contributed by atoms with Crippen molar-refractivity contribution in [3.05, 3.63) is 41.5 Å². The Morgan fingerprint density at radius 2 is 2.19 bits per heavy atom. The monoisotopic (exact) mass is 286 g/mol. The molecule has 0 radical (unpaired) electrons. The second kappa shape index (κ2) is 5.85. The molecular weight excluding hydrogens is 264 g/mol. The summed E-state index contributed by atoms with van der Waals surface area (Å²) in [6.45, 7) is 8.82. The third kappa shape index (κ3) is 3.08. The molecule has 1 aliphatic heterocycles. The molecule has 2 aromatic rings. The van der Waals surface area contributed by atoms with Crippen LogP contribution in [-0.2, 0) is 13.1 Å². The summed E-state index contributed by atoms with van der Waals surface area (Å²) >= 11 is 0. The van der Waals surface area contributed by atoms with Gasteiger partial charge in [0.25, 0.3) is 0 Å². The Kier molecular flexibility index (Phi) is 3.92. The Bertz CT molecular complexity index is 608. The second-order valence-corrected chi connectivity index (χ2v) is 5.99. The van der Waals surface area contributed by atoms with Crippen LogP contribution in [0.2, 0.25) is 0 Å². The summed E-state index contributed by atoms with van der Waals surface area (Å²) in [6.07, 6.45) is 0. The van der Waals surface area contributed by atoms with E-state index in [2.05, 4.69) is 65.4 Å². The number of hydrogen-bond donors (Lipinski definition) is 1. The summed E-state index contributed by atoms with van der Waals surface area (Å²) in [5, 5.41) is 7.58. The molecule has 0 amide bonds. The van der Waals surface area contributed by atoms with Gasteiger partial charge in [-0.3, -0.25) is 0 Å². The average Bonchev–Trinajstić information content (AvgIpc) is 2.87. The quantitative estimate of drug-likeness (QED) is 0.940. The maximum atomic E-state index is 5.40. The maximum absolute atomic E-state index is 5.40. The molecule has 2 heterocycles. The van der Waals surface area contributed by atoms with Gasteiger partial charge in [-0.1, -0.05) is 37.2 Å². The van der Waals surface area contributed by atoms with Crippen molar-refractivity contribution in [2.75, 3.05) is 11.4 Å². The Balaban J connectivity index is 1.85. The van der Waals surface area contributed by atoms with Gasteiger partial charge in [0.15, 0.2) is 5.82 Å². The van der Waals surface area contributed by atoms with E-state index < -0.39 is 0 Å². The van der Waals surface area contributed by atoms with Crippen molar-refractivity contribution in [3.63, 3.8) is 0 Å². The summed E-state index contributed by atoms with van der Waals surface area (Å²) in [7, 11) is 0. The van der Waals surface area contributed by atoms with Crippen molar-refractivity contribution in [1.29, 1.82) is 0 Å². The topological polar surface area (TPSA) is 54.2 Å². The van der Waals surface area contributed by atoms with E-state index in [0.717, 1.165) is 18.9 Å². The number of hydrogen-bond acceptors (Lipinski definition) is 5. The van der Waals surface area contributed by atoms with Crippen LogP contribution in [0.3, 0.4) is 0 Å². The first-order valence-corrected chi connectivity index (χ1v) is 7.52. The molecule has 0 aliphatic carbocycles. The minimum atomic E-state index is 0.291. The van der Waals surface area contributed by atoms with Crippen molar-refractivity contribution in [2.24, 2.45) is 0 Å². The molecule has 1 aromatic heterocycles. The first kappa shape index (κ1) is 14.1. The Morgan fingerprint density at radius 1 is 1.38 bits per heavy atom. The molecule has 1 N–H and O–H groups in total. The van der Waals surface area contributed by atoms with E-state index in [-0.39, 0.29) is 0 Å². The Labute approximate surface area is 125 Å². The van der Waals surface area contributed by atoms with E-state index in [1.54, 1.807) is 0 Å². The fraction of sp³-hybridized carbons (Fsp3) is 0.500. The molecule has 21 heavy (non-hydrogen) atoms. The number of aromatic nitrogens is 2. The fourth-order valence-electron chi connectivity index (χ4n) is 2.63. The first-order chi connectivity index (χ1) is 10.1. The number of rotatable bonds is 3.